The molecule has 0 heterocycles. The molecule has 0 unspecified atom stereocenters. The number of thiol groups is 1. The third-order valence-electron chi connectivity index (χ3n) is 1.26. The van der Waals surface area contributed by atoms with E-state index in [1.807, 2.05) is 18.2 Å². The number of halogens is 1. The molecule has 54 valence electrons. The van der Waals surface area contributed by atoms with Crippen LogP contribution in [0.3, 0.4) is 0 Å². The van der Waals surface area contributed by atoms with Gasteiger partial charge in [0.05, 0.1) is 0 Å². The van der Waals surface area contributed by atoms with Gasteiger partial charge in [-0.25, -0.2) is 0 Å². The maximum absolute atomic E-state index is 5.45. The summed E-state index contributed by atoms with van der Waals surface area (Å²) in [4.78, 5) is 0.950. The number of benzene rings is 1. The van der Waals surface area contributed by atoms with E-state index < -0.39 is 0 Å². The monoisotopic (exact) mass is 217 g/mol. The van der Waals surface area contributed by atoms with Crippen molar-refractivity contribution in [2.75, 3.05) is 0 Å². The van der Waals surface area contributed by atoms with E-state index >= 15 is 0 Å². The zero-order valence-electron chi connectivity index (χ0n) is 5.34. The maximum Gasteiger partial charge on any atom is 0.0189 e. The van der Waals surface area contributed by atoms with Crippen molar-refractivity contribution in [3.05, 3.63) is 28.2 Å². The van der Waals surface area contributed by atoms with Gasteiger partial charge in [0.15, 0.2) is 0 Å². The second kappa shape index (κ2) is 3.42. The fraction of sp³-hybridized carbons (Fsp3) is 0.143. The molecule has 1 rings (SSSR count). The van der Waals surface area contributed by atoms with Crippen LogP contribution in [-0.4, -0.2) is 0 Å². The van der Waals surface area contributed by atoms with E-state index in [1.54, 1.807) is 0 Å². The molecule has 1 nitrogen and oxygen atoms in total. The minimum atomic E-state index is 0.540. The molecule has 3 heteroatoms. The van der Waals surface area contributed by atoms with Crippen molar-refractivity contribution in [2.45, 2.75) is 11.4 Å². The first kappa shape index (κ1) is 8.11. The van der Waals surface area contributed by atoms with Crippen LogP contribution in [0.1, 0.15) is 5.56 Å². The highest BCUT2D eigenvalue weighted by molar-refractivity contribution is 9.10. The van der Waals surface area contributed by atoms with Gasteiger partial charge in [-0.15, -0.1) is 12.6 Å². The molecule has 0 aliphatic rings. The summed E-state index contributed by atoms with van der Waals surface area (Å²) in [6, 6.07) is 5.85. The molecule has 0 aliphatic heterocycles. The summed E-state index contributed by atoms with van der Waals surface area (Å²) >= 11 is 7.57. The van der Waals surface area contributed by atoms with Gasteiger partial charge in [-0.3, -0.25) is 0 Å². The van der Waals surface area contributed by atoms with Gasteiger partial charge in [0.1, 0.15) is 0 Å². The topological polar surface area (TPSA) is 26.0 Å². The molecule has 0 bridgehead atoms. The summed E-state index contributed by atoms with van der Waals surface area (Å²) in [6.45, 7) is 0.540. The number of hydrogen-bond acceptors (Lipinski definition) is 2. The van der Waals surface area contributed by atoms with E-state index in [1.165, 1.54) is 0 Å². The predicted octanol–water partition coefficient (Wildman–Crippen LogP) is 2.20. The highest BCUT2D eigenvalue weighted by atomic mass is 79.9. The highest BCUT2D eigenvalue weighted by Crippen LogP contribution is 2.18. The molecule has 0 atom stereocenters. The molecule has 0 aromatic heterocycles. The van der Waals surface area contributed by atoms with E-state index in [2.05, 4.69) is 28.6 Å². The molecule has 10 heavy (non-hydrogen) atoms. The van der Waals surface area contributed by atoms with Crippen LogP contribution in [0.25, 0.3) is 0 Å². The lowest BCUT2D eigenvalue weighted by Crippen LogP contribution is -1.96. The molecule has 1 aromatic carbocycles. The van der Waals surface area contributed by atoms with Gasteiger partial charge >= 0.3 is 0 Å². The van der Waals surface area contributed by atoms with E-state index in [9.17, 15) is 0 Å². The van der Waals surface area contributed by atoms with Gasteiger partial charge in [0, 0.05) is 15.9 Å². The van der Waals surface area contributed by atoms with Crippen molar-refractivity contribution in [3.8, 4) is 0 Å². The van der Waals surface area contributed by atoms with E-state index in [4.69, 9.17) is 5.73 Å². The normalized spacial score (nSPS) is 9.90. The van der Waals surface area contributed by atoms with E-state index in [-0.39, 0.29) is 0 Å². The summed E-state index contributed by atoms with van der Waals surface area (Å²) in [5.74, 6) is 0. The second-order valence-corrected chi connectivity index (χ2v) is 3.37. The molecule has 1 aromatic rings. The molecule has 0 amide bonds. The predicted molar refractivity (Wildman–Crippen MR) is 49.3 cm³/mol. The first-order valence-electron chi connectivity index (χ1n) is 2.91. The number of hydrogen-bond donors (Lipinski definition) is 2. The van der Waals surface area contributed by atoms with Gasteiger partial charge in [-0.1, -0.05) is 15.9 Å². The van der Waals surface area contributed by atoms with Crippen molar-refractivity contribution < 1.29 is 0 Å². The molecule has 0 saturated carbocycles. The molecular weight excluding hydrogens is 210 g/mol. The highest BCUT2D eigenvalue weighted by Gasteiger charge is 1.95. The van der Waals surface area contributed by atoms with Crippen molar-refractivity contribution in [2.24, 2.45) is 5.73 Å². The zero-order chi connectivity index (χ0) is 7.56. The van der Waals surface area contributed by atoms with Gasteiger partial charge in [-0.05, 0) is 23.8 Å². The Bertz CT molecular complexity index is 237. The SMILES string of the molecule is NCc1cc(Br)ccc1S. The van der Waals surface area contributed by atoms with Crippen molar-refractivity contribution in [1.82, 2.24) is 0 Å². The van der Waals surface area contributed by atoms with Crippen LogP contribution in [0.4, 0.5) is 0 Å². The summed E-state index contributed by atoms with van der Waals surface area (Å²) in [6.07, 6.45) is 0. The molecule has 0 aliphatic carbocycles. The number of rotatable bonds is 1. The van der Waals surface area contributed by atoms with E-state index in [0.29, 0.717) is 6.54 Å². The molecule has 0 fully saturated rings. The Hall–Kier alpha value is 0.01000. The Morgan fingerprint density at radius 1 is 1.50 bits per heavy atom. The number of nitrogens with two attached hydrogens (primary N) is 1. The summed E-state index contributed by atoms with van der Waals surface area (Å²) in [5.41, 5.74) is 6.52. The minimum Gasteiger partial charge on any atom is -0.326 e. The standard InChI is InChI=1S/C7H8BrNS/c8-6-1-2-7(10)5(3-6)4-9/h1-3,10H,4,9H2. The van der Waals surface area contributed by atoms with Crippen molar-refractivity contribution in [3.63, 3.8) is 0 Å². The van der Waals surface area contributed by atoms with Crippen molar-refractivity contribution in [1.29, 1.82) is 0 Å². The van der Waals surface area contributed by atoms with Gasteiger partial charge in [0.25, 0.3) is 0 Å². The fourth-order valence-electron chi connectivity index (χ4n) is 0.718. The lowest BCUT2D eigenvalue weighted by Gasteiger charge is -2.00. The van der Waals surface area contributed by atoms with Crippen LogP contribution in [0.2, 0.25) is 0 Å². The smallest absolute Gasteiger partial charge is 0.0189 e. The molecule has 0 spiro atoms. The molecule has 0 radical (unpaired) electrons. The average molecular weight is 218 g/mol. The zero-order valence-corrected chi connectivity index (χ0v) is 7.82. The summed E-state index contributed by atoms with van der Waals surface area (Å²) in [5, 5.41) is 0. The van der Waals surface area contributed by atoms with Gasteiger partial charge < -0.3 is 5.73 Å². The van der Waals surface area contributed by atoms with Crippen LogP contribution in [0.15, 0.2) is 27.6 Å². The van der Waals surface area contributed by atoms with Gasteiger partial charge in [0.2, 0.25) is 0 Å². The summed E-state index contributed by atoms with van der Waals surface area (Å²) in [7, 11) is 0. The first-order valence-corrected chi connectivity index (χ1v) is 4.15. The Labute approximate surface area is 74.2 Å². The van der Waals surface area contributed by atoms with Gasteiger partial charge in [-0.2, -0.15) is 0 Å². The Balaban J connectivity index is 3.09. The Morgan fingerprint density at radius 3 is 2.70 bits per heavy atom. The van der Waals surface area contributed by atoms with Crippen LogP contribution in [-0.2, 0) is 6.54 Å². The van der Waals surface area contributed by atoms with Crippen LogP contribution >= 0.6 is 28.6 Å². The summed E-state index contributed by atoms with van der Waals surface area (Å²) < 4.78 is 1.05. The molecule has 2 N–H and O–H groups in total. The third-order valence-corrected chi connectivity index (χ3v) is 2.19. The van der Waals surface area contributed by atoms with Crippen LogP contribution < -0.4 is 5.73 Å². The quantitative estimate of drug-likeness (QED) is 0.694. The second-order valence-electron chi connectivity index (χ2n) is 1.98. The van der Waals surface area contributed by atoms with E-state index in [0.717, 1.165) is 14.9 Å². The lowest BCUT2D eigenvalue weighted by atomic mass is 10.2. The fourth-order valence-corrected chi connectivity index (χ4v) is 1.36. The molecule has 0 saturated heterocycles. The third kappa shape index (κ3) is 1.75. The molecular formula is C7H8BrNS. The van der Waals surface area contributed by atoms with Crippen LogP contribution in [0, 0.1) is 0 Å². The minimum absolute atomic E-state index is 0.540. The Morgan fingerprint density at radius 2 is 2.20 bits per heavy atom. The average Bonchev–Trinajstić information content (AvgIpc) is 1.94. The largest absolute Gasteiger partial charge is 0.326 e. The van der Waals surface area contributed by atoms with Crippen molar-refractivity contribution >= 4 is 28.6 Å². The Kier molecular flexibility index (Phi) is 2.77. The van der Waals surface area contributed by atoms with Crippen LogP contribution in [0.5, 0.6) is 0 Å². The lowest BCUT2D eigenvalue weighted by molar-refractivity contribution is 1.03. The maximum atomic E-state index is 5.45. The first-order chi connectivity index (χ1) is 4.74.